The first-order valence-corrected chi connectivity index (χ1v) is 7.85. The molecule has 0 radical (unpaired) electrons. The summed E-state index contributed by atoms with van der Waals surface area (Å²) < 4.78 is 5.42. The lowest BCUT2D eigenvalue weighted by molar-refractivity contribution is 0.352. The van der Waals surface area contributed by atoms with Gasteiger partial charge in [-0.1, -0.05) is 56.3 Å². The van der Waals surface area contributed by atoms with Gasteiger partial charge in [-0.05, 0) is 24.9 Å². The molecular weight excluding hydrogens is 262 g/mol. The number of rotatable bonds is 8. The predicted molar refractivity (Wildman–Crippen MR) is 84.2 cm³/mol. The largest absolute Gasteiger partial charge is 0.339 e. The number of hydrogen-bond donors (Lipinski definition) is 1. The normalized spacial score (nSPS) is 14.0. The van der Waals surface area contributed by atoms with Gasteiger partial charge >= 0.3 is 0 Å². The van der Waals surface area contributed by atoms with Crippen LogP contribution >= 0.6 is 0 Å². The summed E-state index contributed by atoms with van der Waals surface area (Å²) in [5, 5.41) is 7.66. The van der Waals surface area contributed by atoms with Crippen LogP contribution in [0.25, 0.3) is 0 Å². The summed E-state index contributed by atoms with van der Waals surface area (Å²) in [6, 6.07) is 10.7. The quantitative estimate of drug-likeness (QED) is 0.801. The van der Waals surface area contributed by atoms with Gasteiger partial charge in [-0.3, -0.25) is 0 Å². The van der Waals surface area contributed by atoms with Crippen molar-refractivity contribution in [1.29, 1.82) is 0 Å². The fourth-order valence-electron chi connectivity index (χ4n) is 2.22. The van der Waals surface area contributed by atoms with Crippen LogP contribution in [0.3, 0.4) is 0 Å². The third kappa shape index (κ3) is 4.39. The van der Waals surface area contributed by atoms with E-state index in [-0.39, 0.29) is 6.04 Å². The highest BCUT2D eigenvalue weighted by atomic mass is 16.5. The van der Waals surface area contributed by atoms with Crippen molar-refractivity contribution in [1.82, 2.24) is 15.5 Å². The van der Waals surface area contributed by atoms with Crippen molar-refractivity contribution in [3.8, 4) is 0 Å². The molecule has 0 saturated carbocycles. The first-order valence-electron chi connectivity index (χ1n) is 7.85. The van der Waals surface area contributed by atoms with Crippen molar-refractivity contribution in [3.05, 3.63) is 47.6 Å². The van der Waals surface area contributed by atoms with Crippen molar-refractivity contribution in [3.63, 3.8) is 0 Å². The number of nitrogens with zero attached hydrogens (tertiary/aromatic N) is 2. The van der Waals surface area contributed by atoms with Gasteiger partial charge in [0.05, 0.1) is 0 Å². The number of nitrogens with one attached hydrogen (secondary N) is 1. The topological polar surface area (TPSA) is 51.0 Å². The van der Waals surface area contributed by atoms with E-state index in [2.05, 4.69) is 60.5 Å². The van der Waals surface area contributed by atoms with Gasteiger partial charge in [-0.2, -0.15) is 4.98 Å². The van der Waals surface area contributed by atoms with Gasteiger partial charge in [0, 0.05) is 18.4 Å². The Labute approximate surface area is 127 Å². The minimum absolute atomic E-state index is 0.219. The van der Waals surface area contributed by atoms with Crippen molar-refractivity contribution in [2.24, 2.45) is 0 Å². The molecule has 2 atom stereocenters. The molecule has 1 heterocycles. The Bertz CT molecular complexity index is 524. The van der Waals surface area contributed by atoms with Crippen LogP contribution in [0.15, 0.2) is 34.9 Å². The monoisotopic (exact) mass is 287 g/mol. The maximum Gasteiger partial charge on any atom is 0.228 e. The summed E-state index contributed by atoms with van der Waals surface area (Å²) in [4.78, 5) is 4.54. The first-order chi connectivity index (χ1) is 10.2. The molecule has 4 heteroatoms. The number of aromatic nitrogens is 2. The molecule has 0 saturated heterocycles. The van der Waals surface area contributed by atoms with E-state index >= 15 is 0 Å². The summed E-state index contributed by atoms with van der Waals surface area (Å²) in [7, 11) is 0. The van der Waals surface area contributed by atoms with Crippen LogP contribution < -0.4 is 5.32 Å². The van der Waals surface area contributed by atoms with Crippen LogP contribution in [0.2, 0.25) is 0 Å². The minimum atomic E-state index is 0.219. The molecule has 0 bridgehead atoms. The molecule has 0 aliphatic rings. The van der Waals surface area contributed by atoms with E-state index in [9.17, 15) is 0 Å². The zero-order valence-electron chi connectivity index (χ0n) is 13.2. The summed E-state index contributed by atoms with van der Waals surface area (Å²) in [5.74, 6) is 1.87. The van der Waals surface area contributed by atoms with Crippen LogP contribution in [-0.4, -0.2) is 16.7 Å². The van der Waals surface area contributed by atoms with E-state index < -0.39 is 0 Å². The van der Waals surface area contributed by atoms with Gasteiger partial charge in [0.2, 0.25) is 5.89 Å². The second-order valence-corrected chi connectivity index (χ2v) is 5.48. The Morgan fingerprint density at radius 2 is 1.95 bits per heavy atom. The average molecular weight is 287 g/mol. The molecule has 21 heavy (non-hydrogen) atoms. The Hall–Kier alpha value is -1.68. The highest BCUT2D eigenvalue weighted by Gasteiger charge is 2.17. The van der Waals surface area contributed by atoms with Crippen LogP contribution in [0.5, 0.6) is 0 Å². The Morgan fingerprint density at radius 3 is 2.62 bits per heavy atom. The van der Waals surface area contributed by atoms with E-state index in [0.717, 1.165) is 31.6 Å². The second-order valence-electron chi connectivity index (χ2n) is 5.48. The zero-order chi connectivity index (χ0) is 15.1. The molecule has 1 aromatic heterocycles. The lowest BCUT2D eigenvalue weighted by atomic mass is 10.0. The third-order valence-electron chi connectivity index (χ3n) is 3.76. The maximum absolute atomic E-state index is 5.42. The standard InChI is InChI=1S/C17H25N3O/c1-4-11-18-15(14-9-7-6-8-10-14)12-16-19-17(20-21-16)13(3)5-2/h6-10,13,15,18H,4-5,11-12H2,1-3H3. The van der Waals surface area contributed by atoms with Crippen molar-refractivity contribution >= 4 is 0 Å². The maximum atomic E-state index is 5.42. The molecule has 4 nitrogen and oxygen atoms in total. The summed E-state index contributed by atoms with van der Waals surface area (Å²) in [6.45, 7) is 7.41. The van der Waals surface area contributed by atoms with E-state index in [1.807, 2.05) is 6.07 Å². The fourth-order valence-corrected chi connectivity index (χ4v) is 2.22. The zero-order valence-corrected chi connectivity index (χ0v) is 13.2. The van der Waals surface area contributed by atoms with Crippen LogP contribution in [0.4, 0.5) is 0 Å². The Morgan fingerprint density at radius 1 is 1.19 bits per heavy atom. The van der Waals surface area contributed by atoms with Gasteiger partial charge in [0.15, 0.2) is 5.82 Å². The van der Waals surface area contributed by atoms with Crippen molar-refractivity contribution in [2.45, 2.75) is 52.0 Å². The molecule has 2 rings (SSSR count). The van der Waals surface area contributed by atoms with Crippen LogP contribution in [0.1, 0.15) is 62.9 Å². The number of benzene rings is 1. The Balaban J connectivity index is 2.09. The second kappa shape index (κ2) is 7.93. The molecule has 2 aromatic rings. The number of hydrogen-bond acceptors (Lipinski definition) is 4. The molecule has 0 fully saturated rings. The van der Waals surface area contributed by atoms with Crippen molar-refractivity contribution < 1.29 is 4.52 Å². The molecule has 0 aliphatic carbocycles. The molecule has 0 spiro atoms. The molecule has 0 amide bonds. The smallest absolute Gasteiger partial charge is 0.228 e. The summed E-state index contributed by atoms with van der Waals surface area (Å²) in [6.07, 6.45) is 2.86. The fraction of sp³-hybridized carbons (Fsp3) is 0.529. The van der Waals surface area contributed by atoms with Crippen molar-refractivity contribution in [2.75, 3.05) is 6.54 Å². The summed E-state index contributed by atoms with van der Waals surface area (Å²) >= 11 is 0. The van der Waals surface area contributed by atoms with Crippen LogP contribution in [0, 0.1) is 0 Å². The SMILES string of the molecule is CCCNC(Cc1nc(C(C)CC)no1)c1ccccc1. The highest BCUT2D eigenvalue weighted by molar-refractivity contribution is 5.19. The predicted octanol–water partition coefficient (Wildman–Crippen LogP) is 3.87. The lowest BCUT2D eigenvalue weighted by Crippen LogP contribution is -2.24. The summed E-state index contributed by atoms with van der Waals surface area (Å²) in [5.41, 5.74) is 1.26. The molecule has 1 N–H and O–H groups in total. The molecule has 2 unspecified atom stereocenters. The van der Waals surface area contributed by atoms with E-state index in [0.29, 0.717) is 11.8 Å². The lowest BCUT2D eigenvalue weighted by Gasteiger charge is -2.17. The van der Waals surface area contributed by atoms with E-state index in [1.54, 1.807) is 0 Å². The van der Waals surface area contributed by atoms with Gasteiger partial charge in [-0.25, -0.2) is 0 Å². The molecular formula is C17H25N3O. The molecule has 1 aromatic carbocycles. The van der Waals surface area contributed by atoms with Gasteiger partial charge < -0.3 is 9.84 Å². The van der Waals surface area contributed by atoms with Gasteiger partial charge in [-0.15, -0.1) is 0 Å². The molecule has 0 aliphatic heterocycles. The van der Waals surface area contributed by atoms with Crippen LogP contribution in [-0.2, 0) is 6.42 Å². The van der Waals surface area contributed by atoms with E-state index in [1.165, 1.54) is 5.56 Å². The van der Waals surface area contributed by atoms with Gasteiger partial charge in [0.1, 0.15) is 0 Å². The molecule has 114 valence electrons. The minimum Gasteiger partial charge on any atom is -0.339 e. The third-order valence-corrected chi connectivity index (χ3v) is 3.76. The Kier molecular flexibility index (Phi) is 5.93. The average Bonchev–Trinajstić information content (AvgIpc) is 3.00. The van der Waals surface area contributed by atoms with Gasteiger partial charge in [0.25, 0.3) is 0 Å². The van der Waals surface area contributed by atoms with E-state index in [4.69, 9.17) is 4.52 Å². The highest BCUT2D eigenvalue weighted by Crippen LogP contribution is 2.20. The first kappa shape index (κ1) is 15.7.